The molecule has 0 saturated carbocycles. The molecule has 0 aliphatic heterocycles. The van der Waals surface area contributed by atoms with Crippen molar-refractivity contribution < 1.29 is 11.2 Å². The van der Waals surface area contributed by atoms with Gasteiger partial charge in [-0.3, -0.25) is 0 Å². The van der Waals surface area contributed by atoms with Crippen molar-refractivity contribution in [2.24, 2.45) is 5.13 Å². The molecule has 0 heterocycles. The second-order valence-electron chi connectivity index (χ2n) is 2.59. The highest BCUT2D eigenvalue weighted by molar-refractivity contribution is 7.90. The van der Waals surface area contributed by atoms with E-state index in [9.17, 15) is 8.42 Å². The molecule has 0 saturated heterocycles. The van der Waals surface area contributed by atoms with Gasteiger partial charge in [-0.05, 0) is 20.8 Å². The van der Waals surface area contributed by atoms with E-state index in [2.05, 4.69) is 0 Å². The molecule has 0 aromatic carbocycles. The van der Waals surface area contributed by atoms with Crippen molar-refractivity contribution in [1.82, 2.24) is 0 Å². The van der Waals surface area contributed by atoms with E-state index in [-0.39, 0.29) is 5.13 Å². The van der Waals surface area contributed by atoms with E-state index in [1.807, 2.05) is 0 Å². The van der Waals surface area contributed by atoms with E-state index >= 15 is 0 Å². The summed E-state index contributed by atoms with van der Waals surface area (Å²) < 4.78 is 33.8. The van der Waals surface area contributed by atoms with Crippen LogP contribution in [0, 0.1) is 0 Å². The monoisotopic (exact) mass is 139 g/mol. The first kappa shape index (κ1) is 4.76. The van der Waals surface area contributed by atoms with Crippen molar-refractivity contribution in [2.75, 3.05) is 0 Å². The average molecular weight is 139 g/mol. The van der Waals surface area contributed by atoms with Gasteiger partial charge in [-0.15, -0.1) is 0 Å². The van der Waals surface area contributed by atoms with Gasteiger partial charge in [0.15, 0.2) is 0 Å². The second-order valence-corrected chi connectivity index (χ2v) is 4.76. The Labute approximate surface area is 52.9 Å². The number of hydrogen-bond acceptors (Lipinski definition) is 2. The lowest BCUT2D eigenvalue weighted by Crippen LogP contribution is -2.34. The molecular formula is C4H11NO2S. The number of rotatable bonds is 1. The third kappa shape index (κ3) is 1.79. The number of hydrogen-bond donors (Lipinski definition) is 1. The third-order valence-corrected chi connectivity index (χ3v) is 2.32. The second kappa shape index (κ2) is 1.70. The Morgan fingerprint density at radius 2 is 1.88 bits per heavy atom. The van der Waals surface area contributed by atoms with E-state index < -0.39 is 14.8 Å². The lowest BCUT2D eigenvalue weighted by molar-refractivity contribution is 0.562. The lowest BCUT2D eigenvalue weighted by Gasteiger charge is -2.13. The van der Waals surface area contributed by atoms with Crippen LogP contribution in [0.5, 0.6) is 0 Å². The molecule has 0 amide bonds. The summed E-state index contributed by atoms with van der Waals surface area (Å²) in [7, 11) is -3.75. The van der Waals surface area contributed by atoms with Gasteiger partial charge in [0, 0.05) is 0 Å². The SMILES string of the molecule is [2H]N([2H])S(=O)(=O)C(C)(C)C. The molecule has 2 N–H and O–H groups in total. The molecule has 0 fully saturated rings. The maximum absolute atomic E-state index is 10.9. The first-order valence-corrected chi connectivity index (χ1v) is 3.66. The smallest absolute Gasteiger partial charge is 0.214 e. The van der Waals surface area contributed by atoms with Gasteiger partial charge in [0.1, 0.15) is 2.82 Å². The predicted octanol–water partition coefficient (Wildman–Crippen LogP) is 0.0734. The largest absolute Gasteiger partial charge is 0.228 e. The Balaban J connectivity index is 4.79. The molecule has 0 rings (SSSR count). The van der Waals surface area contributed by atoms with Crippen molar-refractivity contribution in [3.8, 4) is 0 Å². The molecule has 0 aliphatic rings. The predicted molar refractivity (Wildman–Crippen MR) is 32.9 cm³/mol. The van der Waals surface area contributed by atoms with Gasteiger partial charge >= 0.3 is 0 Å². The van der Waals surface area contributed by atoms with Gasteiger partial charge in [0.2, 0.25) is 10.0 Å². The van der Waals surface area contributed by atoms with Gasteiger partial charge in [0.05, 0.1) is 4.75 Å². The fourth-order valence-corrected chi connectivity index (χ4v) is 0. The molecule has 0 aromatic heterocycles. The summed E-state index contributed by atoms with van der Waals surface area (Å²) in [5.74, 6) is 0. The standard InChI is InChI=1S/C4H11NO2S/c1-4(2,3)8(5,6)7/h1-3H3,(H2,5,6,7)/i/hD2. The van der Waals surface area contributed by atoms with Gasteiger partial charge in [-0.2, -0.15) is 0 Å². The highest BCUT2D eigenvalue weighted by Crippen LogP contribution is 2.09. The van der Waals surface area contributed by atoms with Crippen LogP contribution in [0.3, 0.4) is 0 Å². The van der Waals surface area contributed by atoms with Crippen LogP contribution in [-0.4, -0.2) is 13.2 Å². The van der Waals surface area contributed by atoms with Crippen LogP contribution in [0.4, 0.5) is 0 Å². The van der Waals surface area contributed by atoms with Gasteiger partial charge in [-0.1, -0.05) is 0 Å². The molecule has 0 aliphatic carbocycles. The summed E-state index contributed by atoms with van der Waals surface area (Å²) in [5.41, 5.74) is 0. The zero-order valence-electron chi connectivity index (χ0n) is 7.17. The minimum atomic E-state index is -3.75. The molecule has 0 aromatic rings. The molecule has 0 unspecified atom stereocenters. The zero-order chi connectivity index (χ0) is 8.58. The number of primary sulfonamides is 1. The van der Waals surface area contributed by atoms with Crippen molar-refractivity contribution in [3.05, 3.63) is 0 Å². The zero-order valence-corrected chi connectivity index (χ0v) is 5.99. The van der Waals surface area contributed by atoms with Crippen molar-refractivity contribution in [2.45, 2.75) is 25.5 Å². The summed E-state index contributed by atoms with van der Waals surface area (Å²) in [5, 5.41) is -0.257. The molecule has 4 heteroatoms. The maximum atomic E-state index is 10.9. The lowest BCUT2D eigenvalue weighted by atomic mass is 10.3. The van der Waals surface area contributed by atoms with Crippen molar-refractivity contribution >= 4 is 10.0 Å². The van der Waals surface area contributed by atoms with Crippen molar-refractivity contribution in [1.29, 1.82) is 0 Å². The van der Waals surface area contributed by atoms with Gasteiger partial charge in [-0.25, -0.2) is 13.5 Å². The van der Waals surface area contributed by atoms with Crippen LogP contribution in [-0.2, 0) is 10.0 Å². The molecule has 3 nitrogen and oxygen atoms in total. The van der Waals surface area contributed by atoms with Crippen LogP contribution in [0.2, 0.25) is 2.82 Å². The quantitative estimate of drug-likeness (QED) is 0.559. The fraction of sp³-hybridized carbons (Fsp3) is 1.00. The minimum Gasteiger partial charge on any atom is -0.228 e. The first-order valence-electron chi connectivity index (χ1n) is 3.11. The van der Waals surface area contributed by atoms with Gasteiger partial charge < -0.3 is 0 Å². The molecule has 50 valence electrons. The minimum absolute atomic E-state index is 0.257. The Hall–Kier alpha value is -0.0900. The average Bonchev–Trinajstić information content (AvgIpc) is 1.62. The van der Waals surface area contributed by atoms with Crippen LogP contribution in [0.1, 0.15) is 20.8 Å². The molecule has 8 heavy (non-hydrogen) atoms. The Morgan fingerprint density at radius 1 is 1.50 bits per heavy atom. The van der Waals surface area contributed by atoms with Crippen LogP contribution in [0.25, 0.3) is 0 Å². The number of sulfonamides is 1. The van der Waals surface area contributed by atoms with Crippen LogP contribution in [0.15, 0.2) is 0 Å². The van der Waals surface area contributed by atoms with E-state index in [1.165, 1.54) is 20.8 Å². The van der Waals surface area contributed by atoms with Crippen molar-refractivity contribution in [3.63, 3.8) is 0 Å². The van der Waals surface area contributed by atoms with E-state index in [1.54, 1.807) is 0 Å². The molecule has 0 bridgehead atoms. The Kier molecular flexibility index (Phi) is 1.01. The first-order chi connectivity index (χ1) is 4.19. The summed E-state index contributed by atoms with van der Waals surface area (Å²) in [6.45, 7) is 4.33. The normalized spacial score (nSPS) is 18.0. The molecular weight excluding hydrogens is 126 g/mol. The summed E-state index contributed by atoms with van der Waals surface area (Å²) in [6, 6.07) is 0. The maximum Gasteiger partial charge on any atom is 0.214 e. The molecule has 0 spiro atoms. The van der Waals surface area contributed by atoms with Crippen LogP contribution >= 0.6 is 0 Å². The van der Waals surface area contributed by atoms with E-state index in [0.29, 0.717) is 0 Å². The van der Waals surface area contributed by atoms with Gasteiger partial charge in [0.25, 0.3) is 0 Å². The fourth-order valence-electron chi connectivity index (χ4n) is 0. The summed E-state index contributed by atoms with van der Waals surface area (Å²) in [4.78, 5) is 0. The summed E-state index contributed by atoms with van der Waals surface area (Å²) >= 11 is 0. The Morgan fingerprint density at radius 3 is 1.88 bits per heavy atom. The topological polar surface area (TPSA) is 60.2 Å². The van der Waals surface area contributed by atoms with Crippen LogP contribution < -0.4 is 5.13 Å². The highest BCUT2D eigenvalue weighted by Gasteiger charge is 2.23. The summed E-state index contributed by atoms with van der Waals surface area (Å²) in [6.07, 6.45) is 0. The third-order valence-electron chi connectivity index (χ3n) is 0.774. The molecule has 0 atom stereocenters. The highest BCUT2D eigenvalue weighted by atomic mass is 32.2. The number of nitrogens with two attached hydrogens (primary N) is 1. The molecule has 0 radical (unpaired) electrons. The van der Waals surface area contributed by atoms with E-state index in [0.717, 1.165) is 0 Å². The Bertz CT molecular complexity index is 204. The van der Waals surface area contributed by atoms with E-state index in [4.69, 9.17) is 2.82 Å².